The molecule has 1 N–H and O–H groups in total. The van der Waals surface area contributed by atoms with Crippen LogP contribution in [0, 0.1) is 5.92 Å². The molecule has 4 nitrogen and oxygen atoms in total. The molecule has 0 saturated heterocycles. The van der Waals surface area contributed by atoms with Crippen molar-refractivity contribution in [2.75, 3.05) is 19.8 Å². The Morgan fingerprint density at radius 1 is 1.37 bits per heavy atom. The highest BCUT2D eigenvalue weighted by Crippen LogP contribution is 2.36. The number of alkyl halides is 1. The molecule has 102 valence electrons. The summed E-state index contributed by atoms with van der Waals surface area (Å²) in [5.74, 6) is 1.82. The number of amides is 1. The first-order valence-corrected chi connectivity index (χ1v) is 7.48. The fourth-order valence-corrected chi connectivity index (χ4v) is 2.85. The molecule has 1 aliphatic carbocycles. The zero-order chi connectivity index (χ0) is 13.2. The summed E-state index contributed by atoms with van der Waals surface area (Å²) in [6.07, 6.45) is 2.51. The molecule has 1 aromatic carbocycles. The molecule has 0 bridgehead atoms. The second-order valence-electron chi connectivity index (χ2n) is 4.89. The highest BCUT2D eigenvalue weighted by Gasteiger charge is 2.29. The van der Waals surface area contributed by atoms with Crippen LogP contribution in [0.1, 0.15) is 23.2 Å². The number of ether oxygens (including phenoxy) is 2. The van der Waals surface area contributed by atoms with E-state index >= 15 is 0 Å². The first-order valence-electron chi connectivity index (χ1n) is 6.56. The quantitative estimate of drug-likeness (QED) is 0.864. The zero-order valence-corrected chi connectivity index (χ0v) is 12.1. The number of nitrogens with one attached hydrogen (secondary N) is 1. The molecule has 3 rings (SSSR count). The van der Waals surface area contributed by atoms with Crippen molar-refractivity contribution in [2.45, 2.75) is 17.7 Å². The maximum atomic E-state index is 12.2. The van der Waals surface area contributed by atoms with Crippen molar-refractivity contribution in [1.29, 1.82) is 0 Å². The minimum Gasteiger partial charge on any atom is -0.486 e. The highest BCUT2D eigenvalue weighted by molar-refractivity contribution is 9.09. The number of hydrogen-bond acceptors (Lipinski definition) is 3. The lowest BCUT2D eigenvalue weighted by atomic mass is 10.1. The molecule has 19 heavy (non-hydrogen) atoms. The van der Waals surface area contributed by atoms with Gasteiger partial charge in [0.15, 0.2) is 11.5 Å². The molecule has 1 saturated carbocycles. The number of carbonyl (C=O) groups excluding carboxylic acids is 1. The van der Waals surface area contributed by atoms with Crippen LogP contribution in [0.15, 0.2) is 18.2 Å². The average molecular weight is 326 g/mol. The van der Waals surface area contributed by atoms with Gasteiger partial charge < -0.3 is 14.8 Å². The molecule has 0 aromatic heterocycles. The molecular formula is C14H16BrNO3. The van der Waals surface area contributed by atoms with E-state index in [1.54, 1.807) is 6.07 Å². The number of halogens is 1. The molecule has 0 radical (unpaired) electrons. The van der Waals surface area contributed by atoms with Crippen molar-refractivity contribution in [3.8, 4) is 11.5 Å². The summed E-state index contributed by atoms with van der Waals surface area (Å²) >= 11 is 3.61. The Hall–Kier alpha value is -1.23. The lowest BCUT2D eigenvalue weighted by Gasteiger charge is -2.20. The van der Waals surface area contributed by atoms with Crippen molar-refractivity contribution in [3.05, 3.63) is 23.8 Å². The van der Waals surface area contributed by atoms with Gasteiger partial charge in [0.05, 0.1) is 5.56 Å². The van der Waals surface area contributed by atoms with Crippen molar-refractivity contribution < 1.29 is 14.3 Å². The van der Waals surface area contributed by atoms with Crippen molar-refractivity contribution in [1.82, 2.24) is 5.32 Å². The normalized spacial score (nSPS) is 18.8. The summed E-state index contributed by atoms with van der Waals surface area (Å²) < 4.78 is 11.0. The van der Waals surface area contributed by atoms with Gasteiger partial charge in [0, 0.05) is 11.4 Å². The minimum absolute atomic E-state index is 0.104. The monoisotopic (exact) mass is 325 g/mol. The summed E-state index contributed by atoms with van der Waals surface area (Å²) in [7, 11) is 0. The lowest BCUT2D eigenvalue weighted by Crippen LogP contribution is -2.31. The van der Waals surface area contributed by atoms with Crippen molar-refractivity contribution in [3.63, 3.8) is 0 Å². The Balaban J connectivity index is 1.68. The maximum absolute atomic E-state index is 12.2. The third kappa shape index (κ3) is 2.86. The van der Waals surface area contributed by atoms with Gasteiger partial charge in [-0.25, -0.2) is 0 Å². The molecule has 1 unspecified atom stereocenters. The van der Waals surface area contributed by atoms with Crippen LogP contribution in [-0.2, 0) is 0 Å². The van der Waals surface area contributed by atoms with E-state index in [4.69, 9.17) is 9.47 Å². The van der Waals surface area contributed by atoms with Crippen LogP contribution in [-0.4, -0.2) is 30.5 Å². The molecule has 1 aromatic rings. The summed E-state index contributed by atoms with van der Waals surface area (Å²) in [4.78, 5) is 12.6. The predicted molar refractivity (Wildman–Crippen MR) is 75.2 cm³/mol. The summed E-state index contributed by atoms with van der Waals surface area (Å²) in [5.41, 5.74) is 0.549. The fourth-order valence-electron chi connectivity index (χ4n) is 2.16. The van der Waals surface area contributed by atoms with Gasteiger partial charge in [-0.15, -0.1) is 0 Å². The average Bonchev–Trinajstić information content (AvgIpc) is 3.28. The molecular weight excluding hydrogens is 310 g/mol. The van der Waals surface area contributed by atoms with E-state index in [0.717, 1.165) is 0 Å². The van der Waals surface area contributed by atoms with E-state index in [2.05, 4.69) is 21.2 Å². The standard InChI is InChI=1S/C14H16BrNO3/c15-11(9-4-5-9)8-16-14(17)10-2-1-3-12-13(10)19-7-6-18-12/h1-3,9,11H,4-8H2,(H,16,17). The van der Waals surface area contributed by atoms with E-state index in [0.29, 0.717) is 47.6 Å². The van der Waals surface area contributed by atoms with Crippen LogP contribution < -0.4 is 14.8 Å². The summed E-state index contributed by atoms with van der Waals surface area (Å²) in [5, 5.41) is 2.95. The highest BCUT2D eigenvalue weighted by atomic mass is 79.9. The minimum atomic E-state index is -0.104. The zero-order valence-electron chi connectivity index (χ0n) is 10.5. The van der Waals surface area contributed by atoms with Crippen LogP contribution in [0.4, 0.5) is 0 Å². The van der Waals surface area contributed by atoms with Gasteiger partial charge in [0.1, 0.15) is 13.2 Å². The first-order chi connectivity index (χ1) is 9.25. The van der Waals surface area contributed by atoms with Crippen LogP contribution in [0.3, 0.4) is 0 Å². The Kier molecular flexibility index (Phi) is 3.64. The number of carbonyl (C=O) groups is 1. The number of hydrogen-bond donors (Lipinski definition) is 1. The van der Waals surface area contributed by atoms with E-state index < -0.39 is 0 Å². The number of rotatable bonds is 4. The van der Waals surface area contributed by atoms with Gasteiger partial charge in [-0.2, -0.15) is 0 Å². The van der Waals surface area contributed by atoms with E-state index in [1.807, 2.05) is 12.1 Å². The Morgan fingerprint density at radius 3 is 2.95 bits per heavy atom. The van der Waals surface area contributed by atoms with Gasteiger partial charge in [-0.3, -0.25) is 4.79 Å². The molecule has 1 aliphatic heterocycles. The SMILES string of the molecule is O=C(NCC(Br)C1CC1)c1cccc2c1OCCO2. The van der Waals surface area contributed by atoms with E-state index in [-0.39, 0.29) is 5.91 Å². The van der Waals surface area contributed by atoms with Crippen molar-refractivity contribution >= 4 is 21.8 Å². The molecule has 1 fully saturated rings. The number of benzene rings is 1. The molecule has 1 atom stereocenters. The number of fused-ring (bicyclic) bond motifs is 1. The van der Waals surface area contributed by atoms with Crippen LogP contribution in [0.5, 0.6) is 11.5 Å². The Bertz CT molecular complexity index is 488. The Morgan fingerprint density at radius 2 is 2.16 bits per heavy atom. The molecule has 1 heterocycles. The van der Waals surface area contributed by atoms with Gasteiger partial charge in [0.2, 0.25) is 0 Å². The summed E-state index contributed by atoms with van der Waals surface area (Å²) in [6.45, 7) is 1.66. The van der Waals surface area contributed by atoms with Crippen LogP contribution in [0.25, 0.3) is 0 Å². The molecule has 1 amide bonds. The van der Waals surface area contributed by atoms with Gasteiger partial charge in [-0.1, -0.05) is 22.0 Å². The smallest absolute Gasteiger partial charge is 0.255 e. The van der Waals surface area contributed by atoms with E-state index in [1.165, 1.54) is 12.8 Å². The molecule has 2 aliphatic rings. The van der Waals surface area contributed by atoms with Gasteiger partial charge in [0.25, 0.3) is 5.91 Å². The van der Waals surface area contributed by atoms with Gasteiger partial charge >= 0.3 is 0 Å². The van der Waals surface area contributed by atoms with Crippen LogP contribution >= 0.6 is 15.9 Å². The largest absolute Gasteiger partial charge is 0.486 e. The molecule has 5 heteroatoms. The Labute approximate surface area is 120 Å². The second-order valence-corrected chi connectivity index (χ2v) is 6.07. The maximum Gasteiger partial charge on any atom is 0.255 e. The van der Waals surface area contributed by atoms with Crippen LogP contribution in [0.2, 0.25) is 0 Å². The first kappa shape index (κ1) is 12.8. The third-order valence-corrected chi connectivity index (χ3v) is 4.47. The van der Waals surface area contributed by atoms with Gasteiger partial charge in [-0.05, 0) is 30.9 Å². The topological polar surface area (TPSA) is 47.6 Å². The molecule has 0 spiro atoms. The fraction of sp³-hybridized carbons (Fsp3) is 0.500. The van der Waals surface area contributed by atoms with Crippen molar-refractivity contribution in [2.24, 2.45) is 5.92 Å². The lowest BCUT2D eigenvalue weighted by molar-refractivity contribution is 0.0942. The predicted octanol–water partition coefficient (Wildman–Crippen LogP) is 2.36. The second kappa shape index (κ2) is 5.41. The number of para-hydroxylation sites is 1. The third-order valence-electron chi connectivity index (χ3n) is 3.40. The summed E-state index contributed by atoms with van der Waals surface area (Å²) in [6, 6.07) is 5.40. The van der Waals surface area contributed by atoms with E-state index in [9.17, 15) is 4.79 Å².